The summed E-state index contributed by atoms with van der Waals surface area (Å²) in [7, 11) is 3.06. The zero-order valence-electron chi connectivity index (χ0n) is 13.1. The SMILES string of the molecule is COc1ccc(OC)c(/C=C2\N=C(c3ccccc3F)OC2=O)c1. The van der Waals surface area contributed by atoms with Gasteiger partial charge in [0.15, 0.2) is 5.70 Å². The maximum Gasteiger partial charge on any atom is 0.363 e. The first-order chi connectivity index (χ1) is 11.6. The molecule has 0 unspecified atom stereocenters. The molecule has 3 rings (SSSR count). The molecule has 1 aliphatic rings. The van der Waals surface area contributed by atoms with Gasteiger partial charge in [0.2, 0.25) is 5.90 Å². The summed E-state index contributed by atoms with van der Waals surface area (Å²) in [6.07, 6.45) is 1.51. The van der Waals surface area contributed by atoms with Crippen molar-refractivity contribution in [3.63, 3.8) is 0 Å². The number of methoxy groups -OCH3 is 2. The summed E-state index contributed by atoms with van der Waals surface area (Å²) in [5.74, 6) is -0.0773. The van der Waals surface area contributed by atoms with E-state index in [2.05, 4.69) is 4.99 Å². The van der Waals surface area contributed by atoms with E-state index in [0.717, 1.165) is 0 Å². The third-order valence-electron chi connectivity index (χ3n) is 3.45. The van der Waals surface area contributed by atoms with Crippen LogP contribution in [0.15, 0.2) is 53.2 Å². The summed E-state index contributed by atoms with van der Waals surface area (Å²) in [5, 5.41) is 0. The van der Waals surface area contributed by atoms with Gasteiger partial charge < -0.3 is 14.2 Å². The summed E-state index contributed by atoms with van der Waals surface area (Å²) in [6.45, 7) is 0. The van der Waals surface area contributed by atoms with Crippen LogP contribution in [0.1, 0.15) is 11.1 Å². The molecule has 0 aromatic heterocycles. The molecule has 0 aliphatic carbocycles. The molecular formula is C18H14FNO4. The Labute approximate surface area is 138 Å². The summed E-state index contributed by atoms with van der Waals surface area (Å²) in [6, 6.07) is 11.1. The molecule has 2 aromatic carbocycles. The third kappa shape index (κ3) is 2.99. The van der Waals surface area contributed by atoms with Gasteiger partial charge in [-0.15, -0.1) is 0 Å². The van der Waals surface area contributed by atoms with E-state index in [0.29, 0.717) is 17.1 Å². The van der Waals surface area contributed by atoms with Crippen molar-refractivity contribution >= 4 is 17.9 Å². The molecule has 1 aliphatic heterocycles. The van der Waals surface area contributed by atoms with Crippen molar-refractivity contribution in [1.82, 2.24) is 0 Å². The molecule has 0 fully saturated rings. The van der Waals surface area contributed by atoms with Gasteiger partial charge in [-0.1, -0.05) is 12.1 Å². The fourth-order valence-electron chi connectivity index (χ4n) is 2.26. The maximum atomic E-state index is 13.8. The molecule has 0 spiro atoms. The van der Waals surface area contributed by atoms with Crippen LogP contribution in [0.2, 0.25) is 0 Å². The van der Waals surface area contributed by atoms with Crippen molar-refractivity contribution in [2.24, 2.45) is 4.99 Å². The number of cyclic esters (lactones) is 1. The van der Waals surface area contributed by atoms with E-state index in [-0.39, 0.29) is 17.2 Å². The second-order valence-electron chi connectivity index (χ2n) is 4.92. The van der Waals surface area contributed by atoms with Crippen LogP contribution in [-0.2, 0) is 9.53 Å². The van der Waals surface area contributed by atoms with Gasteiger partial charge in [0.1, 0.15) is 17.3 Å². The second-order valence-corrected chi connectivity index (χ2v) is 4.92. The Morgan fingerprint density at radius 1 is 1.12 bits per heavy atom. The van der Waals surface area contributed by atoms with Crippen LogP contribution in [0.25, 0.3) is 6.08 Å². The van der Waals surface area contributed by atoms with Crippen LogP contribution in [0, 0.1) is 5.82 Å². The molecule has 0 saturated heterocycles. The first-order valence-electron chi connectivity index (χ1n) is 7.12. The lowest BCUT2D eigenvalue weighted by atomic mass is 10.1. The number of rotatable bonds is 4. The number of esters is 1. The van der Waals surface area contributed by atoms with Crippen molar-refractivity contribution in [3.05, 3.63) is 65.1 Å². The number of nitrogens with zero attached hydrogens (tertiary/aromatic N) is 1. The van der Waals surface area contributed by atoms with Crippen molar-refractivity contribution < 1.29 is 23.4 Å². The lowest BCUT2D eigenvalue weighted by Gasteiger charge is -2.07. The van der Waals surface area contributed by atoms with Crippen LogP contribution in [0.4, 0.5) is 4.39 Å². The minimum Gasteiger partial charge on any atom is -0.497 e. The van der Waals surface area contributed by atoms with E-state index < -0.39 is 11.8 Å². The molecule has 0 radical (unpaired) electrons. The van der Waals surface area contributed by atoms with Crippen molar-refractivity contribution in [1.29, 1.82) is 0 Å². The zero-order chi connectivity index (χ0) is 17.1. The number of carbonyl (C=O) groups is 1. The molecule has 1 heterocycles. The molecule has 24 heavy (non-hydrogen) atoms. The molecule has 0 amide bonds. The molecule has 122 valence electrons. The average molecular weight is 327 g/mol. The molecule has 0 N–H and O–H groups in total. The number of carbonyl (C=O) groups excluding carboxylic acids is 1. The fourth-order valence-corrected chi connectivity index (χ4v) is 2.26. The van der Waals surface area contributed by atoms with Crippen molar-refractivity contribution in [3.8, 4) is 11.5 Å². The minimum atomic E-state index is -0.655. The number of halogens is 1. The second kappa shape index (κ2) is 6.54. The molecule has 0 bridgehead atoms. The summed E-state index contributed by atoms with van der Waals surface area (Å²) < 4.78 is 29.3. The van der Waals surface area contributed by atoms with Gasteiger partial charge in [-0.2, -0.15) is 0 Å². The van der Waals surface area contributed by atoms with Gasteiger partial charge in [0.05, 0.1) is 19.8 Å². The predicted octanol–water partition coefficient (Wildman–Crippen LogP) is 3.19. The molecular weight excluding hydrogens is 313 g/mol. The number of hydrogen-bond donors (Lipinski definition) is 0. The van der Waals surface area contributed by atoms with Crippen LogP contribution in [0.5, 0.6) is 11.5 Å². The quantitative estimate of drug-likeness (QED) is 0.639. The van der Waals surface area contributed by atoms with Crippen LogP contribution >= 0.6 is 0 Å². The summed E-state index contributed by atoms with van der Waals surface area (Å²) in [4.78, 5) is 16.1. The Balaban J connectivity index is 2.02. The number of benzene rings is 2. The Morgan fingerprint density at radius 3 is 2.62 bits per heavy atom. The van der Waals surface area contributed by atoms with E-state index in [1.807, 2.05) is 0 Å². The average Bonchev–Trinajstić information content (AvgIpc) is 2.95. The van der Waals surface area contributed by atoms with Crippen LogP contribution < -0.4 is 9.47 Å². The molecule has 0 atom stereocenters. The van der Waals surface area contributed by atoms with Crippen LogP contribution in [0.3, 0.4) is 0 Å². The standard InChI is InChI=1S/C18H14FNO4/c1-22-12-7-8-16(23-2)11(9-12)10-15-18(21)24-17(20-15)13-5-3-4-6-14(13)19/h3-10H,1-2H3/b15-10-. The first-order valence-corrected chi connectivity index (χ1v) is 7.12. The van der Waals surface area contributed by atoms with Gasteiger partial charge in [0, 0.05) is 5.56 Å². The Morgan fingerprint density at radius 2 is 1.92 bits per heavy atom. The maximum absolute atomic E-state index is 13.8. The van der Waals surface area contributed by atoms with E-state index in [4.69, 9.17) is 14.2 Å². The number of ether oxygens (including phenoxy) is 3. The lowest BCUT2D eigenvalue weighted by Crippen LogP contribution is -2.07. The van der Waals surface area contributed by atoms with Crippen molar-refractivity contribution in [2.45, 2.75) is 0 Å². The molecule has 0 saturated carbocycles. The highest BCUT2D eigenvalue weighted by Gasteiger charge is 2.26. The minimum absolute atomic E-state index is 0.0554. The lowest BCUT2D eigenvalue weighted by molar-refractivity contribution is -0.129. The van der Waals surface area contributed by atoms with Crippen molar-refractivity contribution in [2.75, 3.05) is 14.2 Å². The zero-order valence-corrected chi connectivity index (χ0v) is 13.1. The fraction of sp³-hybridized carbons (Fsp3) is 0.111. The summed E-state index contributed by atoms with van der Waals surface area (Å²) in [5.41, 5.74) is 0.786. The highest BCUT2D eigenvalue weighted by molar-refractivity contribution is 6.13. The van der Waals surface area contributed by atoms with Gasteiger partial charge in [-0.25, -0.2) is 14.2 Å². The van der Waals surface area contributed by atoms with E-state index in [9.17, 15) is 9.18 Å². The third-order valence-corrected chi connectivity index (χ3v) is 3.45. The first kappa shape index (κ1) is 15.7. The molecule has 6 heteroatoms. The Kier molecular flexibility index (Phi) is 4.29. The van der Waals surface area contributed by atoms with Gasteiger partial charge in [0.25, 0.3) is 0 Å². The monoisotopic (exact) mass is 327 g/mol. The normalized spacial score (nSPS) is 15.2. The van der Waals surface area contributed by atoms with E-state index in [1.165, 1.54) is 32.4 Å². The number of aliphatic imine (C=N–C) groups is 1. The highest BCUT2D eigenvalue weighted by Crippen LogP contribution is 2.28. The molecule has 5 nitrogen and oxygen atoms in total. The van der Waals surface area contributed by atoms with E-state index in [1.54, 1.807) is 30.3 Å². The van der Waals surface area contributed by atoms with Gasteiger partial charge >= 0.3 is 5.97 Å². The summed E-state index contributed by atoms with van der Waals surface area (Å²) >= 11 is 0. The predicted molar refractivity (Wildman–Crippen MR) is 86.6 cm³/mol. The molecule has 2 aromatic rings. The van der Waals surface area contributed by atoms with Gasteiger partial charge in [-0.3, -0.25) is 0 Å². The van der Waals surface area contributed by atoms with Gasteiger partial charge in [-0.05, 0) is 36.4 Å². The van der Waals surface area contributed by atoms with Crippen LogP contribution in [-0.4, -0.2) is 26.1 Å². The smallest absolute Gasteiger partial charge is 0.363 e. The Bertz CT molecular complexity index is 858. The topological polar surface area (TPSA) is 57.1 Å². The Hall–Kier alpha value is -3.15. The highest BCUT2D eigenvalue weighted by atomic mass is 19.1. The largest absolute Gasteiger partial charge is 0.497 e. The van der Waals surface area contributed by atoms with E-state index >= 15 is 0 Å². The number of hydrogen-bond acceptors (Lipinski definition) is 5.